The lowest BCUT2D eigenvalue weighted by molar-refractivity contribution is -0.120. The minimum Gasteiger partial charge on any atom is -0.445 e. The van der Waals surface area contributed by atoms with Crippen LogP contribution in [0.15, 0.2) is 115 Å². The van der Waals surface area contributed by atoms with Gasteiger partial charge < -0.3 is 20.3 Å². The Labute approximate surface area is 284 Å². The monoisotopic (exact) mass is 657 g/mol. The number of halogens is 2. The van der Waals surface area contributed by atoms with Gasteiger partial charge in [0.15, 0.2) is 0 Å². The molecule has 248 valence electrons. The van der Waals surface area contributed by atoms with Gasteiger partial charge in [-0.05, 0) is 92.0 Å². The lowest BCUT2D eigenvalue weighted by Crippen LogP contribution is -2.45. The number of carbonyl (C=O) groups excluding carboxylic acids is 2. The van der Waals surface area contributed by atoms with Crippen molar-refractivity contribution >= 4 is 24.4 Å². The number of ether oxygens (including phenoxy) is 1. The van der Waals surface area contributed by atoms with E-state index in [4.69, 9.17) is 4.74 Å². The van der Waals surface area contributed by atoms with Crippen molar-refractivity contribution < 1.29 is 18.7 Å². The molecule has 0 spiro atoms. The molecule has 4 aromatic rings. The molecule has 0 unspecified atom stereocenters. The molecule has 2 amide bonds. The molecule has 47 heavy (non-hydrogen) atoms. The number of hydrogen-bond donors (Lipinski definition) is 2. The molecule has 1 fully saturated rings. The van der Waals surface area contributed by atoms with Crippen molar-refractivity contribution in [3.63, 3.8) is 0 Å². The number of nitrogens with one attached hydrogen (secondary N) is 2. The van der Waals surface area contributed by atoms with Gasteiger partial charge in [-0.15, -0.1) is 12.4 Å². The maximum Gasteiger partial charge on any atom is 0.407 e. The standard InChI is InChI=1S/C39H44FN3O3.ClH/c40-36-19-10-14-33(27-36)26-31-20-24-43(25-21-31)23-11-22-39(34-15-6-2-7-16-34,35-17-8-3-9-18-35)30-42-37(44)28-41-38(45)46-29-32-12-4-1-5-13-32;/h1-10,12-19,27,31H,11,20-26,28-30H2,(H,41,45)(H,42,44);1H. The number of amides is 2. The van der Waals surface area contributed by atoms with Crippen LogP contribution < -0.4 is 10.6 Å². The Morgan fingerprint density at radius 2 is 1.38 bits per heavy atom. The van der Waals surface area contributed by atoms with Gasteiger partial charge in [-0.25, -0.2) is 9.18 Å². The van der Waals surface area contributed by atoms with E-state index < -0.39 is 11.5 Å². The lowest BCUT2D eigenvalue weighted by atomic mass is 9.71. The van der Waals surface area contributed by atoms with E-state index in [2.05, 4.69) is 39.8 Å². The number of carbonyl (C=O) groups is 2. The van der Waals surface area contributed by atoms with Crippen molar-refractivity contribution in [2.75, 3.05) is 32.7 Å². The first-order chi connectivity index (χ1) is 22.5. The summed E-state index contributed by atoms with van der Waals surface area (Å²) < 4.78 is 18.9. The second kappa shape index (κ2) is 18.2. The zero-order valence-corrected chi connectivity index (χ0v) is 27.6. The van der Waals surface area contributed by atoms with Crippen molar-refractivity contribution in [3.8, 4) is 0 Å². The number of alkyl carbamates (subject to hydrolysis) is 1. The van der Waals surface area contributed by atoms with Crippen LogP contribution in [0.1, 0.15) is 47.9 Å². The number of nitrogens with zero attached hydrogens (tertiary/aromatic N) is 1. The van der Waals surface area contributed by atoms with Crippen molar-refractivity contribution in [3.05, 3.63) is 143 Å². The SMILES string of the molecule is Cl.O=C(CNC(=O)OCc1ccccc1)NCC(CCCN1CCC(Cc2cccc(F)c2)CC1)(c1ccccc1)c1ccccc1. The van der Waals surface area contributed by atoms with Gasteiger partial charge in [-0.1, -0.05) is 103 Å². The molecule has 8 heteroatoms. The van der Waals surface area contributed by atoms with E-state index in [9.17, 15) is 14.0 Å². The average Bonchev–Trinajstić information content (AvgIpc) is 3.10. The molecule has 0 aromatic heterocycles. The summed E-state index contributed by atoms with van der Waals surface area (Å²) in [7, 11) is 0. The van der Waals surface area contributed by atoms with Gasteiger partial charge in [-0.2, -0.15) is 0 Å². The van der Waals surface area contributed by atoms with Crippen LogP contribution in [0.25, 0.3) is 0 Å². The third-order valence-electron chi connectivity index (χ3n) is 9.04. The normalized spacial score (nSPS) is 13.7. The number of likely N-dealkylation sites (tertiary alicyclic amines) is 1. The lowest BCUT2D eigenvalue weighted by Gasteiger charge is -2.37. The van der Waals surface area contributed by atoms with E-state index >= 15 is 0 Å². The maximum absolute atomic E-state index is 13.7. The van der Waals surface area contributed by atoms with Gasteiger partial charge in [0.05, 0.1) is 6.54 Å². The second-order valence-corrected chi connectivity index (χ2v) is 12.2. The minimum absolute atomic E-state index is 0. The van der Waals surface area contributed by atoms with Crippen molar-refractivity contribution in [1.29, 1.82) is 0 Å². The molecule has 0 aliphatic carbocycles. The van der Waals surface area contributed by atoms with Crippen LogP contribution in [0, 0.1) is 11.7 Å². The fraction of sp³-hybridized carbons (Fsp3) is 0.333. The molecule has 2 N–H and O–H groups in total. The second-order valence-electron chi connectivity index (χ2n) is 12.2. The van der Waals surface area contributed by atoms with E-state index in [0.717, 1.165) is 74.0 Å². The molecule has 0 saturated carbocycles. The maximum atomic E-state index is 13.7. The molecule has 4 aromatic carbocycles. The Bertz CT molecular complexity index is 1480. The van der Waals surface area contributed by atoms with Crippen LogP contribution in [-0.2, 0) is 28.0 Å². The van der Waals surface area contributed by atoms with Gasteiger partial charge in [-0.3, -0.25) is 4.79 Å². The summed E-state index contributed by atoms with van der Waals surface area (Å²) in [5.74, 6) is 0.141. The minimum atomic E-state index is -0.629. The molecule has 1 saturated heterocycles. The Hall–Kier alpha value is -4.20. The zero-order valence-electron chi connectivity index (χ0n) is 26.8. The Morgan fingerprint density at radius 1 is 0.787 bits per heavy atom. The smallest absolute Gasteiger partial charge is 0.407 e. The van der Waals surface area contributed by atoms with E-state index in [1.54, 1.807) is 12.1 Å². The quantitative estimate of drug-likeness (QED) is 0.149. The number of rotatable bonds is 14. The topological polar surface area (TPSA) is 70.7 Å². The summed E-state index contributed by atoms with van der Waals surface area (Å²) in [6, 6.07) is 37.1. The Morgan fingerprint density at radius 3 is 2.00 bits per heavy atom. The molecule has 0 radical (unpaired) electrons. The van der Waals surface area contributed by atoms with E-state index in [1.807, 2.05) is 72.8 Å². The largest absolute Gasteiger partial charge is 0.445 e. The molecular weight excluding hydrogens is 613 g/mol. The van der Waals surface area contributed by atoms with Crippen molar-refractivity contribution in [1.82, 2.24) is 15.5 Å². The van der Waals surface area contributed by atoms with Gasteiger partial charge in [0.1, 0.15) is 12.4 Å². The number of hydrogen-bond acceptors (Lipinski definition) is 4. The number of piperidine rings is 1. The molecule has 0 bridgehead atoms. The molecule has 0 atom stereocenters. The van der Waals surface area contributed by atoms with Crippen LogP contribution in [0.2, 0.25) is 0 Å². The summed E-state index contributed by atoms with van der Waals surface area (Å²) in [6.45, 7) is 3.41. The highest BCUT2D eigenvalue weighted by atomic mass is 35.5. The molecular formula is C39H45ClFN3O3. The van der Waals surface area contributed by atoms with Crippen LogP contribution in [-0.4, -0.2) is 49.6 Å². The first-order valence-corrected chi connectivity index (χ1v) is 16.3. The third kappa shape index (κ3) is 10.7. The Kier molecular flexibility index (Phi) is 13.8. The highest BCUT2D eigenvalue weighted by molar-refractivity contribution is 5.85. The zero-order chi connectivity index (χ0) is 32.0. The Balaban J connectivity index is 0.00000500. The fourth-order valence-electron chi connectivity index (χ4n) is 6.52. The van der Waals surface area contributed by atoms with Gasteiger partial charge >= 0.3 is 6.09 Å². The first-order valence-electron chi connectivity index (χ1n) is 16.3. The summed E-state index contributed by atoms with van der Waals surface area (Å²) in [5, 5.41) is 5.70. The fourth-order valence-corrected chi connectivity index (χ4v) is 6.52. The highest BCUT2D eigenvalue weighted by Gasteiger charge is 2.34. The highest BCUT2D eigenvalue weighted by Crippen LogP contribution is 2.37. The van der Waals surface area contributed by atoms with Crippen LogP contribution >= 0.6 is 12.4 Å². The molecule has 1 heterocycles. The van der Waals surface area contributed by atoms with E-state index in [0.29, 0.717) is 12.5 Å². The first kappa shape index (κ1) is 35.7. The van der Waals surface area contributed by atoms with Gasteiger partial charge in [0.2, 0.25) is 5.91 Å². The van der Waals surface area contributed by atoms with Crippen LogP contribution in [0.4, 0.5) is 9.18 Å². The predicted octanol–water partition coefficient (Wildman–Crippen LogP) is 7.31. The van der Waals surface area contributed by atoms with E-state index in [-0.39, 0.29) is 37.3 Å². The molecule has 1 aliphatic heterocycles. The third-order valence-corrected chi connectivity index (χ3v) is 9.04. The van der Waals surface area contributed by atoms with Gasteiger partial charge in [0, 0.05) is 12.0 Å². The van der Waals surface area contributed by atoms with Crippen LogP contribution in [0.3, 0.4) is 0 Å². The number of benzene rings is 4. The predicted molar refractivity (Wildman–Crippen MR) is 187 cm³/mol. The molecule has 1 aliphatic rings. The summed E-state index contributed by atoms with van der Waals surface area (Å²) in [4.78, 5) is 27.8. The summed E-state index contributed by atoms with van der Waals surface area (Å²) >= 11 is 0. The van der Waals surface area contributed by atoms with Crippen molar-refractivity contribution in [2.45, 2.75) is 44.1 Å². The van der Waals surface area contributed by atoms with Crippen LogP contribution in [0.5, 0.6) is 0 Å². The van der Waals surface area contributed by atoms with Gasteiger partial charge in [0.25, 0.3) is 0 Å². The average molecular weight is 658 g/mol. The molecule has 5 rings (SSSR count). The summed E-state index contributed by atoms with van der Waals surface area (Å²) in [6.07, 6.45) is 4.31. The molecule has 6 nitrogen and oxygen atoms in total. The summed E-state index contributed by atoms with van der Waals surface area (Å²) in [5.41, 5.74) is 3.80. The van der Waals surface area contributed by atoms with E-state index in [1.165, 1.54) is 6.07 Å². The van der Waals surface area contributed by atoms with Crippen molar-refractivity contribution in [2.24, 2.45) is 5.92 Å².